The van der Waals surface area contributed by atoms with E-state index in [1.807, 2.05) is 24.3 Å². The second-order valence-corrected chi connectivity index (χ2v) is 12.3. The third-order valence-corrected chi connectivity index (χ3v) is 9.01. The molecule has 0 aliphatic carbocycles. The van der Waals surface area contributed by atoms with Gasteiger partial charge in [0.2, 0.25) is 0 Å². The molecule has 0 radical (unpaired) electrons. The van der Waals surface area contributed by atoms with Gasteiger partial charge in [-0.15, -0.1) is 11.3 Å². The SMILES string of the molecule is CC(C)(O)c1c(N(Cc2ccc(F)c(Cl)c2)S(=O)(=O)c2ccc(Br)cc2)sc2ccccc12. The van der Waals surface area contributed by atoms with E-state index in [0.717, 1.165) is 14.6 Å². The molecule has 33 heavy (non-hydrogen) atoms. The maximum absolute atomic E-state index is 13.9. The third-order valence-electron chi connectivity index (χ3n) is 5.13. The average Bonchev–Trinajstić information content (AvgIpc) is 3.14. The molecule has 9 heteroatoms. The summed E-state index contributed by atoms with van der Waals surface area (Å²) < 4.78 is 44.4. The number of fused-ring (bicyclic) bond motifs is 1. The molecular formula is C24H20BrClFNO3S2. The van der Waals surface area contributed by atoms with E-state index in [2.05, 4.69) is 15.9 Å². The van der Waals surface area contributed by atoms with Gasteiger partial charge >= 0.3 is 0 Å². The molecule has 1 aromatic heterocycles. The molecule has 3 aromatic carbocycles. The fourth-order valence-electron chi connectivity index (χ4n) is 3.60. The first kappa shape index (κ1) is 24.2. The van der Waals surface area contributed by atoms with E-state index in [4.69, 9.17) is 11.6 Å². The Balaban J connectivity index is 1.97. The predicted molar refractivity (Wildman–Crippen MR) is 136 cm³/mol. The van der Waals surface area contributed by atoms with E-state index in [1.54, 1.807) is 26.0 Å². The highest BCUT2D eigenvalue weighted by Crippen LogP contribution is 2.46. The van der Waals surface area contributed by atoms with Crippen LogP contribution in [0.2, 0.25) is 5.02 Å². The first-order valence-corrected chi connectivity index (χ1v) is 13.4. The van der Waals surface area contributed by atoms with Crippen molar-refractivity contribution >= 4 is 64.0 Å². The summed E-state index contributed by atoms with van der Waals surface area (Å²) in [6.45, 7) is 3.17. The summed E-state index contributed by atoms with van der Waals surface area (Å²) in [6.07, 6.45) is 0. The number of aliphatic hydroxyl groups is 1. The highest BCUT2D eigenvalue weighted by molar-refractivity contribution is 9.10. The van der Waals surface area contributed by atoms with Gasteiger partial charge in [-0.25, -0.2) is 12.8 Å². The minimum atomic E-state index is -4.05. The highest BCUT2D eigenvalue weighted by atomic mass is 79.9. The molecule has 172 valence electrons. The average molecular weight is 569 g/mol. The van der Waals surface area contributed by atoms with Crippen LogP contribution in [0.1, 0.15) is 25.0 Å². The first-order valence-electron chi connectivity index (χ1n) is 9.95. The quantitative estimate of drug-likeness (QED) is 0.270. The summed E-state index contributed by atoms with van der Waals surface area (Å²) in [5.41, 5.74) is -0.290. The lowest BCUT2D eigenvalue weighted by Crippen LogP contribution is -2.32. The third kappa shape index (κ3) is 4.81. The Labute approximate surface area is 209 Å². The number of nitrogens with zero attached hydrogens (tertiary/aromatic N) is 1. The monoisotopic (exact) mass is 567 g/mol. The normalized spacial score (nSPS) is 12.3. The second-order valence-electron chi connectivity index (χ2n) is 8.05. The van der Waals surface area contributed by atoms with Gasteiger partial charge in [0, 0.05) is 20.1 Å². The Morgan fingerprint density at radius 1 is 1.09 bits per heavy atom. The number of sulfonamides is 1. The van der Waals surface area contributed by atoms with Gasteiger partial charge in [-0.05, 0) is 61.9 Å². The van der Waals surface area contributed by atoms with Crippen LogP contribution in [0.3, 0.4) is 0 Å². The summed E-state index contributed by atoms with van der Waals surface area (Å²) in [6, 6.07) is 17.9. The molecule has 1 N–H and O–H groups in total. The van der Waals surface area contributed by atoms with Crippen LogP contribution in [-0.4, -0.2) is 13.5 Å². The lowest BCUT2D eigenvalue weighted by molar-refractivity contribution is 0.0811. The zero-order valence-electron chi connectivity index (χ0n) is 17.7. The molecule has 0 bridgehead atoms. The Hall–Kier alpha value is -1.97. The van der Waals surface area contributed by atoms with Crippen molar-refractivity contribution in [2.24, 2.45) is 0 Å². The molecule has 0 fully saturated rings. The second kappa shape index (κ2) is 9.00. The van der Waals surface area contributed by atoms with Crippen molar-refractivity contribution in [1.82, 2.24) is 0 Å². The lowest BCUT2D eigenvalue weighted by atomic mass is 9.97. The van der Waals surface area contributed by atoms with Crippen LogP contribution < -0.4 is 4.31 Å². The Morgan fingerprint density at radius 2 is 1.76 bits per heavy atom. The minimum absolute atomic E-state index is 0.0890. The fourth-order valence-corrected chi connectivity index (χ4v) is 7.10. The van der Waals surface area contributed by atoms with Crippen molar-refractivity contribution < 1.29 is 17.9 Å². The van der Waals surface area contributed by atoms with Crippen molar-refractivity contribution in [2.75, 3.05) is 4.31 Å². The number of halogens is 3. The molecule has 4 rings (SSSR count). The smallest absolute Gasteiger partial charge is 0.265 e. The van der Waals surface area contributed by atoms with Gasteiger partial charge in [0.1, 0.15) is 10.8 Å². The van der Waals surface area contributed by atoms with Gasteiger partial charge in [0.25, 0.3) is 10.0 Å². The predicted octanol–water partition coefficient (Wildman–Crippen LogP) is 7.08. The molecule has 0 aliphatic heterocycles. The summed E-state index contributed by atoms with van der Waals surface area (Å²) >= 11 is 10.6. The molecule has 0 aliphatic rings. The Bertz CT molecular complexity index is 1430. The maximum Gasteiger partial charge on any atom is 0.265 e. The maximum atomic E-state index is 13.9. The van der Waals surface area contributed by atoms with E-state index >= 15 is 0 Å². The van der Waals surface area contributed by atoms with Gasteiger partial charge in [-0.3, -0.25) is 4.31 Å². The molecule has 0 unspecified atom stereocenters. The number of anilines is 1. The zero-order chi connectivity index (χ0) is 24.0. The summed E-state index contributed by atoms with van der Waals surface area (Å²) in [4.78, 5) is 0.0954. The van der Waals surface area contributed by atoms with Gasteiger partial charge in [0.05, 0.1) is 22.1 Å². The molecule has 0 atom stereocenters. The van der Waals surface area contributed by atoms with Crippen molar-refractivity contribution in [3.8, 4) is 0 Å². The standard InChI is InChI=1S/C24H20BrClFNO3S2/c1-24(2,29)22-18-5-3-4-6-21(18)32-23(22)28(14-15-7-12-20(27)19(26)13-15)33(30,31)17-10-8-16(25)9-11-17/h3-13,29H,14H2,1-2H3. The number of benzene rings is 3. The topological polar surface area (TPSA) is 57.6 Å². The van der Waals surface area contributed by atoms with Crippen LogP contribution in [0, 0.1) is 5.82 Å². The number of rotatable bonds is 6. The van der Waals surface area contributed by atoms with Crippen LogP contribution in [0.15, 0.2) is 76.1 Å². The Morgan fingerprint density at radius 3 is 2.39 bits per heavy atom. The molecule has 0 saturated carbocycles. The van der Waals surface area contributed by atoms with Crippen LogP contribution >= 0.6 is 38.9 Å². The van der Waals surface area contributed by atoms with E-state index in [9.17, 15) is 17.9 Å². The molecule has 4 aromatic rings. The molecule has 0 amide bonds. The molecule has 1 heterocycles. The largest absolute Gasteiger partial charge is 0.386 e. The molecule has 0 saturated heterocycles. The Kier molecular flexibility index (Phi) is 6.59. The molecule has 4 nitrogen and oxygen atoms in total. The fraction of sp³-hybridized carbons (Fsp3) is 0.167. The number of hydrogen-bond acceptors (Lipinski definition) is 4. The van der Waals surface area contributed by atoms with Gasteiger partial charge in [-0.1, -0.05) is 51.8 Å². The van der Waals surface area contributed by atoms with Crippen LogP contribution in [0.4, 0.5) is 9.39 Å². The lowest BCUT2D eigenvalue weighted by Gasteiger charge is -2.28. The minimum Gasteiger partial charge on any atom is -0.386 e. The molecule has 0 spiro atoms. The van der Waals surface area contributed by atoms with E-state index < -0.39 is 21.4 Å². The van der Waals surface area contributed by atoms with Gasteiger partial charge < -0.3 is 5.11 Å². The number of hydrogen-bond donors (Lipinski definition) is 1. The highest BCUT2D eigenvalue weighted by Gasteiger charge is 2.34. The van der Waals surface area contributed by atoms with Crippen molar-refractivity contribution in [3.63, 3.8) is 0 Å². The van der Waals surface area contributed by atoms with Gasteiger partial charge in [-0.2, -0.15) is 0 Å². The van der Waals surface area contributed by atoms with Crippen molar-refractivity contribution in [1.29, 1.82) is 0 Å². The van der Waals surface area contributed by atoms with E-state index in [-0.39, 0.29) is 16.5 Å². The van der Waals surface area contributed by atoms with Crippen molar-refractivity contribution in [2.45, 2.75) is 30.9 Å². The van der Waals surface area contributed by atoms with Crippen molar-refractivity contribution in [3.05, 3.63) is 93.2 Å². The van der Waals surface area contributed by atoms with E-state index in [1.165, 1.54) is 46.0 Å². The summed E-state index contributed by atoms with van der Waals surface area (Å²) in [5.74, 6) is -0.582. The van der Waals surface area contributed by atoms with Crippen LogP contribution in [0.25, 0.3) is 10.1 Å². The summed E-state index contributed by atoms with van der Waals surface area (Å²) in [5, 5.41) is 12.1. The number of thiophene rings is 1. The van der Waals surface area contributed by atoms with Crippen LogP contribution in [-0.2, 0) is 22.2 Å². The molecular weight excluding hydrogens is 549 g/mol. The van der Waals surface area contributed by atoms with E-state index in [0.29, 0.717) is 16.1 Å². The first-order chi connectivity index (χ1) is 15.5. The van der Waals surface area contributed by atoms with Crippen LogP contribution in [0.5, 0.6) is 0 Å². The van der Waals surface area contributed by atoms with Gasteiger partial charge in [0.15, 0.2) is 0 Å². The zero-order valence-corrected chi connectivity index (χ0v) is 21.7. The summed E-state index contributed by atoms with van der Waals surface area (Å²) in [7, 11) is -4.05.